The maximum atomic E-state index is 10.7. The molecule has 0 amide bonds. The topological polar surface area (TPSA) is 29.5 Å². The summed E-state index contributed by atoms with van der Waals surface area (Å²) >= 11 is 0. The van der Waals surface area contributed by atoms with Crippen LogP contribution in [0.5, 0.6) is 0 Å². The highest BCUT2D eigenvalue weighted by Crippen LogP contribution is 2.33. The van der Waals surface area contributed by atoms with Crippen LogP contribution in [0.3, 0.4) is 0 Å². The Kier molecular flexibility index (Phi) is 3.79. The molecule has 0 aliphatic carbocycles. The van der Waals surface area contributed by atoms with Crippen LogP contribution in [-0.4, -0.2) is 18.3 Å². The normalized spacial score (nSPS) is 25.8. The molecule has 1 aromatic carbocycles. The summed E-state index contributed by atoms with van der Waals surface area (Å²) in [5, 5.41) is 10.7. The van der Waals surface area contributed by atoms with Gasteiger partial charge in [-0.25, -0.2) is 0 Å². The van der Waals surface area contributed by atoms with Crippen LogP contribution in [0.15, 0.2) is 24.3 Å². The molecule has 0 saturated carbocycles. The molecule has 1 unspecified atom stereocenters. The second kappa shape index (κ2) is 5.02. The molecule has 1 saturated heterocycles. The Balaban J connectivity index is 2.22. The molecule has 2 rings (SSSR count). The van der Waals surface area contributed by atoms with Crippen molar-refractivity contribution in [2.45, 2.75) is 51.0 Å². The van der Waals surface area contributed by atoms with Gasteiger partial charge in [0.2, 0.25) is 0 Å². The Hall–Kier alpha value is -0.860. The summed E-state index contributed by atoms with van der Waals surface area (Å²) in [6, 6.07) is 8.43. The van der Waals surface area contributed by atoms with Gasteiger partial charge in [0.25, 0.3) is 0 Å². The third-order valence-electron chi connectivity index (χ3n) is 3.83. The van der Waals surface area contributed by atoms with Crippen LogP contribution in [0.1, 0.15) is 51.2 Å². The quantitative estimate of drug-likeness (QED) is 0.825. The first kappa shape index (κ1) is 13.6. The molecule has 1 aromatic rings. The predicted octanol–water partition coefficient (Wildman–Crippen LogP) is 3.37. The van der Waals surface area contributed by atoms with E-state index in [0.29, 0.717) is 13.0 Å². The fourth-order valence-electron chi connectivity index (χ4n) is 2.50. The Morgan fingerprint density at radius 1 is 1.06 bits per heavy atom. The van der Waals surface area contributed by atoms with Crippen molar-refractivity contribution in [3.05, 3.63) is 35.4 Å². The molecular weight excluding hydrogens is 224 g/mol. The standard InChI is InChI=1S/C16H24O2/c1-15(2,3)13-5-7-14(8-6-13)16(17)9-4-11-18-12-10-16/h5-8,17H,4,9-12H2,1-3H3. The SMILES string of the molecule is CC(C)(C)c1ccc(C2(O)CCCOCC2)cc1. The molecule has 1 aliphatic rings. The van der Waals surface area contributed by atoms with Crippen LogP contribution in [0.4, 0.5) is 0 Å². The smallest absolute Gasteiger partial charge is 0.0919 e. The highest BCUT2D eigenvalue weighted by molar-refractivity contribution is 5.31. The van der Waals surface area contributed by atoms with E-state index in [2.05, 4.69) is 45.0 Å². The zero-order chi connectivity index (χ0) is 13.2. The number of hydrogen-bond donors (Lipinski definition) is 1. The average Bonchev–Trinajstić information content (AvgIpc) is 2.54. The third-order valence-corrected chi connectivity index (χ3v) is 3.83. The molecular formula is C16H24O2. The maximum absolute atomic E-state index is 10.7. The molecule has 0 aromatic heterocycles. The first-order valence-electron chi connectivity index (χ1n) is 6.83. The molecule has 100 valence electrons. The van der Waals surface area contributed by atoms with Crippen LogP contribution in [0.25, 0.3) is 0 Å². The second-order valence-corrected chi connectivity index (χ2v) is 6.32. The minimum atomic E-state index is -0.701. The third kappa shape index (κ3) is 2.93. The Labute approximate surface area is 110 Å². The van der Waals surface area contributed by atoms with Gasteiger partial charge in [-0.15, -0.1) is 0 Å². The minimum absolute atomic E-state index is 0.160. The van der Waals surface area contributed by atoms with Gasteiger partial charge in [-0.3, -0.25) is 0 Å². The minimum Gasteiger partial charge on any atom is -0.385 e. The summed E-state index contributed by atoms with van der Waals surface area (Å²) in [6.07, 6.45) is 2.42. The average molecular weight is 248 g/mol. The van der Waals surface area contributed by atoms with E-state index in [1.165, 1.54) is 5.56 Å². The molecule has 1 atom stereocenters. The van der Waals surface area contributed by atoms with Crippen molar-refractivity contribution in [3.63, 3.8) is 0 Å². The molecule has 1 fully saturated rings. The van der Waals surface area contributed by atoms with Gasteiger partial charge in [0.1, 0.15) is 0 Å². The molecule has 1 heterocycles. The summed E-state index contributed by atoms with van der Waals surface area (Å²) in [4.78, 5) is 0. The number of hydrogen-bond acceptors (Lipinski definition) is 2. The lowest BCUT2D eigenvalue weighted by atomic mass is 9.82. The van der Waals surface area contributed by atoms with Crippen LogP contribution in [0, 0.1) is 0 Å². The molecule has 0 radical (unpaired) electrons. The van der Waals surface area contributed by atoms with E-state index in [1.807, 2.05) is 0 Å². The zero-order valence-corrected chi connectivity index (χ0v) is 11.7. The van der Waals surface area contributed by atoms with Crippen molar-refractivity contribution >= 4 is 0 Å². The Morgan fingerprint density at radius 2 is 1.72 bits per heavy atom. The van der Waals surface area contributed by atoms with Crippen LogP contribution >= 0.6 is 0 Å². The van der Waals surface area contributed by atoms with Gasteiger partial charge in [-0.05, 0) is 29.4 Å². The van der Waals surface area contributed by atoms with Crippen molar-refractivity contribution in [1.82, 2.24) is 0 Å². The lowest BCUT2D eigenvalue weighted by Gasteiger charge is -2.28. The number of benzene rings is 1. The van der Waals surface area contributed by atoms with E-state index in [4.69, 9.17) is 4.74 Å². The predicted molar refractivity (Wildman–Crippen MR) is 73.7 cm³/mol. The molecule has 2 nitrogen and oxygen atoms in total. The van der Waals surface area contributed by atoms with E-state index in [0.717, 1.165) is 25.0 Å². The van der Waals surface area contributed by atoms with Crippen LogP contribution in [-0.2, 0) is 15.8 Å². The molecule has 0 spiro atoms. The van der Waals surface area contributed by atoms with Gasteiger partial charge in [-0.2, -0.15) is 0 Å². The van der Waals surface area contributed by atoms with Crippen molar-refractivity contribution in [3.8, 4) is 0 Å². The summed E-state index contributed by atoms with van der Waals surface area (Å²) in [5.41, 5.74) is 1.79. The zero-order valence-electron chi connectivity index (χ0n) is 11.7. The summed E-state index contributed by atoms with van der Waals surface area (Å²) in [6.45, 7) is 8.03. The lowest BCUT2D eigenvalue weighted by molar-refractivity contribution is 0.0144. The number of rotatable bonds is 1. The number of ether oxygens (including phenoxy) is 1. The van der Waals surface area contributed by atoms with E-state index in [9.17, 15) is 5.11 Å². The van der Waals surface area contributed by atoms with Gasteiger partial charge in [-0.1, -0.05) is 45.0 Å². The fraction of sp³-hybridized carbons (Fsp3) is 0.625. The van der Waals surface area contributed by atoms with Crippen molar-refractivity contribution in [1.29, 1.82) is 0 Å². The molecule has 1 N–H and O–H groups in total. The van der Waals surface area contributed by atoms with E-state index in [1.54, 1.807) is 0 Å². The maximum Gasteiger partial charge on any atom is 0.0919 e. The first-order chi connectivity index (χ1) is 8.42. The van der Waals surface area contributed by atoms with Gasteiger partial charge < -0.3 is 9.84 Å². The van der Waals surface area contributed by atoms with Gasteiger partial charge in [0, 0.05) is 19.6 Å². The Bertz CT molecular complexity index is 379. The first-order valence-corrected chi connectivity index (χ1v) is 6.83. The van der Waals surface area contributed by atoms with Crippen molar-refractivity contribution < 1.29 is 9.84 Å². The number of aliphatic hydroxyl groups is 1. The van der Waals surface area contributed by atoms with Gasteiger partial charge in [0.05, 0.1) is 5.60 Å². The molecule has 2 heteroatoms. The summed E-state index contributed by atoms with van der Waals surface area (Å²) < 4.78 is 5.43. The van der Waals surface area contributed by atoms with Crippen LogP contribution < -0.4 is 0 Å². The second-order valence-electron chi connectivity index (χ2n) is 6.32. The van der Waals surface area contributed by atoms with E-state index >= 15 is 0 Å². The molecule has 0 bridgehead atoms. The van der Waals surface area contributed by atoms with Gasteiger partial charge >= 0.3 is 0 Å². The highest BCUT2D eigenvalue weighted by Gasteiger charge is 2.30. The fourth-order valence-corrected chi connectivity index (χ4v) is 2.50. The van der Waals surface area contributed by atoms with Crippen LogP contribution in [0.2, 0.25) is 0 Å². The van der Waals surface area contributed by atoms with Crippen molar-refractivity contribution in [2.24, 2.45) is 0 Å². The monoisotopic (exact) mass is 248 g/mol. The largest absolute Gasteiger partial charge is 0.385 e. The van der Waals surface area contributed by atoms with Crippen molar-refractivity contribution in [2.75, 3.05) is 13.2 Å². The summed E-state index contributed by atoms with van der Waals surface area (Å²) in [7, 11) is 0. The molecule has 1 aliphatic heterocycles. The van der Waals surface area contributed by atoms with E-state index in [-0.39, 0.29) is 5.41 Å². The van der Waals surface area contributed by atoms with Gasteiger partial charge in [0.15, 0.2) is 0 Å². The van der Waals surface area contributed by atoms with E-state index < -0.39 is 5.60 Å². The Morgan fingerprint density at radius 3 is 2.33 bits per heavy atom. The summed E-state index contributed by atoms with van der Waals surface area (Å²) in [5.74, 6) is 0. The molecule has 18 heavy (non-hydrogen) atoms. The lowest BCUT2D eigenvalue weighted by Crippen LogP contribution is -2.26. The highest BCUT2D eigenvalue weighted by atomic mass is 16.5.